The summed E-state index contributed by atoms with van der Waals surface area (Å²) in [5.74, 6) is 0. The third-order valence-electron chi connectivity index (χ3n) is 7.16. The third kappa shape index (κ3) is 4.24. The van der Waals surface area contributed by atoms with E-state index in [1.165, 1.54) is 31.5 Å². The van der Waals surface area contributed by atoms with Crippen molar-refractivity contribution in [2.75, 3.05) is 44.7 Å². The Hall–Kier alpha value is -2.86. The number of aryl methyl sites for hydroxylation is 1. The number of benzene rings is 2. The number of piperidine rings is 1. The van der Waals surface area contributed by atoms with Crippen LogP contribution in [0.25, 0.3) is 11.0 Å². The zero-order chi connectivity index (χ0) is 22.0. The summed E-state index contributed by atoms with van der Waals surface area (Å²) in [7, 11) is 2.21. The van der Waals surface area contributed by atoms with Gasteiger partial charge in [-0.2, -0.15) is 0 Å². The van der Waals surface area contributed by atoms with Gasteiger partial charge in [-0.15, -0.1) is 0 Å². The average Bonchev–Trinajstić information content (AvgIpc) is 3.24. The lowest BCUT2D eigenvalue weighted by molar-refractivity contribution is 0.00135. The van der Waals surface area contributed by atoms with Crippen LogP contribution in [-0.4, -0.2) is 60.3 Å². The van der Waals surface area contributed by atoms with Crippen LogP contribution in [0.1, 0.15) is 31.2 Å². The van der Waals surface area contributed by atoms with Crippen LogP contribution in [-0.2, 0) is 6.42 Å². The second kappa shape index (κ2) is 8.94. The highest BCUT2D eigenvalue weighted by Crippen LogP contribution is 2.41. The average molecular weight is 432 g/mol. The molecule has 32 heavy (non-hydrogen) atoms. The predicted molar refractivity (Wildman–Crippen MR) is 129 cm³/mol. The number of unbranched alkanes of at least 4 members (excludes halogenated alkanes) is 1. The minimum atomic E-state index is -0.0977. The standard InChI is InChI=1S/C26H33N5O/c1-29-18-26(19-29)13-16-30(17-14-26)22-11-7-12-23-24(22)28-20-31(23)25(32)27-15-6-5-10-21-8-3-2-4-9-21/h2-4,7-9,11-12,20H,5-6,10,13-19H2,1H3,(H,27,32). The van der Waals surface area contributed by atoms with Gasteiger partial charge in [0.05, 0.1) is 11.2 Å². The number of nitrogens with zero attached hydrogens (tertiary/aromatic N) is 4. The van der Waals surface area contributed by atoms with Crippen molar-refractivity contribution in [3.05, 3.63) is 60.4 Å². The second-order valence-corrected chi connectivity index (χ2v) is 9.59. The zero-order valence-electron chi connectivity index (χ0n) is 19.0. The molecule has 0 unspecified atom stereocenters. The zero-order valence-corrected chi connectivity index (χ0v) is 19.0. The molecule has 0 aliphatic carbocycles. The maximum absolute atomic E-state index is 12.8. The first-order valence-corrected chi connectivity index (χ1v) is 11.9. The van der Waals surface area contributed by atoms with Gasteiger partial charge in [-0.1, -0.05) is 36.4 Å². The molecule has 0 bridgehead atoms. The van der Waals surface area contributed by atoms with E-state index in [0.29, 0.717) is 12.0 Å². The van der Waals surface area contributed by atoms with Crippen LogP contribution in [0.15, 0.2) is 54.9 Å². The van der Waals surface area contributed by atoms with Crippen molar-refractivity contribution in [3.63, 3.8) is 0 Å². The summed E-state index contributed by atoms with van der Waals surface area (Å²) < 4.78 is 1.66. The molecule has 168 valence electrons. The molecule has 2 aliphatic rings. The Morgan fingerprint density at radius 1 is 1.03 bits per heavy atom. The van der Waals surface area contributed by atoms with Crippen LogP contribution >= 0.6 is 0 Å². The number of nitrogens with one attached hydrogen (secondary N) is 1. The van der Waals surface area contributed by atoms with E-state index in [4.69, 9.17) is 0 Å². The lowest BCUT2D eigenvalue weighted by Crippen LogP contribution is -2.58. The molecule has 1 aromatic heterocycles. The number of imidazole rings is 1. The van der Waals surface area contributed by atoms with Gasteiger partial charge >= 0.3 is 6.03 Å². The Morgan fingerprint density at radius 2 is 1.81 bits per heavy atom. The van der Waals surface area contributed by atoms with E-state index < -0.39 is 0 Å². The topological polar surface area (TPSA) is 53.4 Å². The van der Waals surface area contributed by atoms with Gasteiger partial charge in [-0.25, -0.2) is 9.78 Å². The van der Waals surface area contributed by atoms with Crippen molar-refractivity contribution in [1.29, 1.82) is 0 Å². The quantitative estimate of drug-likeness (QED) is 0.596. The number of hydrogen-bond donors (Lipinski definition) is 1. The maximum atomic E-state index is 12.8. The molecule has 2 aromatic carbocycles. The molecule has 6 heteroatoms. The molecule has 5 rings (SSSR count). The number of amides is 1. The van der Waals surface area contributed by atoms with Gasteiger partial charge in [0.25, 0.3) is 0 Å². The van der Waals surface area contributed by atoms with Crippen molar-refractivity contribution >= 4 is 22.8 Å². The highest BCUT2D eigenvalue weighted by Gasteiger charge is 2.43. The highest BCUT2D eigenvalue weighted by atomic mass is 16.2. The van der Waals surface area contributed by atoms with Gasteiger partial charge in [-0.05, 0) is 62.3 Å². The van der Waals surface area contributed by atoms with E-state index in [1.54, 1.807) is 10.9 Å². The van der Waals surface area contributed by atoms with Crippen LogP contribution in [0.2, 0.25) is 0 Å². The molecular weight excluding hydrogens is 398 g/mol. The van der Waals surface area contributed by atoms with Crippen LogP contribution in [0.3, 0.4) is 0 Å². The van der Waals surface area contributed by atoms with Gasteiger partial charge in [-0.3, -0.25) is 4.57 Å². The fraction of sp³-hybridized carbons (Fsp3) is 0.462. The van der Waals surface area contributed by atoms with Crippen LogP contribution in [0.5, 0.6) is 0 Å². The first kappa shape index (κ1) is 21.0. The molecule has 1 spiro atoms. The minimum absolute atomic E-state index is 0.0977. The monoisotopic (exact) mass is 431 g/mol. The molecular formula is C26H33N5O. The molecule has 1 amide bonds. The number of carbonyl (C=O) groups excluding carboxylic acids is 1. The van der Waals surface area contributed by atoms with Gasteiger partial charge in [0.1, 0.15) is 11.8 Å². The van der Waals surface area contributed by atoms with E-state index in [9.17, 15) is 4.79 Å². The molecule has 1 N–H and O–H groups in total. The van der Waals surface area contributed by atoms with Crippen LogP contribution in [0.4, 0.5) is 10.5 Å². The van der Waals surface area contributed by atoms with E-state index in [0.717, 1.165) is 49.1 Å². The van der Waals surface area contributed by atoms with Gasteiger partial charge < -0.3 is 15.1 Å². The highest BCUT2D eigenvalue weighted by molar-refractivity contribution is 5.95. The molecule has 0 radical (unpaired) electrons. The van der Waals surface area contributed by atoms with Crippen molar-refractivity contribution in [2.24, 2.45) is 5.41 Å². The molecule has 2 fully saturated rings. The molecule has 0 saturated carbocycles. The summed E-state index contributed by atoms with van der Waals surface area (Å²) >= 11 is 0. The van der Waals surface area contributed by atoms with Crippen molar-refractivity contribution < 1.29 is 4.79 Å². The Morgan fingerprint density at radius 3 is 2.56 bits per heavy atom. The summed E-state index contributed by atoms with van der Waals surface area (Å²) in [5, 5.41) is 3.06. The summed E-state index contributed by atoms with van der Waals surface area (Å²) in [4.78, 5) is 22.3. The molecule has 0 atom stereocenters. The van der Waals surface area contributed by atoms with Crippen molar-refractivity contribution in [1.82, 2.24) is 19.8 Å². The van der Waals surface area contributed by atoms with E-state index >= 15 is 0 Å². The normalized spacial score (nSPS) is 18.1. The smallest absolute Gasteiger partial charge is 0.327 e. The van der Waals surface area contributed by atoms with Crippen LogP contribution < -0.4 is 10.2 Å². The van der Waals surface area contributed by atoms with Crippen LogP contribution in [0, 0.1) is 5.41 Å². The Balaban J connectivity index is 1.18. The lowest BCUT2D eigenvalue weighted by Gasteiger charge is -2.53. The molecule has 3 heterocycles. The molecule has 6 nitrogen and oxygen atoms in total. The van der Waals surface area contributed by atoms with E-state index in [2.05, 4.69) is 57.5 Å². The molecule has 3 aromatic rings. The Bertz CT molecular complexity index is 1060. The van der Waals surface area contributed by atoms with Crippen molar-refractivity contribution in [3.8, 4) is 0 Å². The number of para-hydroxylation sites is 1. The number of carbonyl (C=O) groups is 1. The third-order valence-corrected chi connectivity index (χ3v) is 7.16. The summed E-state index contributed by atoms with van der Waals surface area (Å²) in [6.07, 6.45) is 7.20. The fourth-order valence-electron chi connectivity index (χ4n) is 5.46. The Labute approximate surface area is 190 Å². The number of anilines is 1. The number of rotatable bonds is 6. The van der Waals surface area contributed by atoms with E-state index in [-0.39, 0.29) is 6.03 Å². The van der Waals surface area contributed by atoms with E-state index in [1.807, 2.05) is 18.2 Å². The number of hydrogen-bond acceptors (Lipinski definition) is 4. The van der Waals surface area contributed by atoms with Gasteiger partial charge in [0.2, 0.25) is 0 Å². The summed E-state index contributed by atoms with van der Waals surface area (Å²) in [6, 6.07) is 16.6. The summed E-state index contributed by atoms with van der Waals surface area (Å²) in [5.41, 5.74) is 4.83. The number of aromatic nitrogens is 2. The first-order valence-electron chi connectivity index (χ1n) is 11.9. The second-order valence-electron chi connectivity index (χ2n) is 9.59. The number of likely N-dealkylation sites (tertiary alicyclic amines) is 1. The minimum Gasteiger partial charge on any atom is -0.370 e. The molecule has 2 aliphatic heterocycles. The summed E-state index contributed by atoms with van der Waals surface area (Å²) in [6.45, 7) is 5.25. The fourth-order valence-corrected chi connectivity index (χ4v) is 5.46. The molecule has 2 saturated heterocycles. The Kier molecular flexibility index (Phi) is 5.87. The lowest BCUT2D eigenvalue weighted by atomic mass is 9.72. The van der Waals surface area contributed by atoms with Gasteiger partial charge in [0, 0.05) is 32.7 Å². The predicted octanol–water partition coefficient (Wildman–Crippen LogP) is 4.15. The first-order chi connectivity index (χ1) is 15.6. The largest absolute Gasteiger partial charge is 0.370 e. The van der Waals surface area contributed by atoms with Crippen molar-refractivity contribution in [2.45, 2.75) is 32.1 Å². The SMILES string of the molecule is CN1CC2(CCN(c3cccc4c3ncn4C(=O)NCCCCc3ccccc3)CC2)C1. The number of fused-ring (bicyclic) bond motifs is 1. The maximum Gasteiger partial charge on any atom is 0.327 e. The van der Waals surface area contributed by atoms with Gasteiger partial charge in [0.15, 0.2) is 0 Å².